The lowest BCUT2D eigenvalue weighted by Crippen LogP contribution is -2.30. The first-order valence-corrected chi connectivity index (χ1v) is 13.3. The van der Waals surface area contributed by atoms with E-state index in [1.165, 1.54) is 0 Å². The van der Waals surface area contributed by atoms with Gasteiger partial charge in [-0.15, -0.1) is 0 Å². The van der Waals surface area contributed by atoms with Crippen LogP contribution >= 0.6 is 0 Å². The lowest BCUT2D eigenvalue weighted by Gasteiger charge is -2.21. The molecule has 1 saturated heterocycles. The SMILES string of the molecule is O=C(CC1CCNCC1)Nc1cncc(-c2cc3c(-c4nc5c(-c6ccncc6)cncc5[nH]4)n[nH]c3cn2)c1. The van der Waals surface area contributed by atoms with Gasteiger partial charge in [0.2, 0.25) is 5.91 Å². The summed E-state index contributed by atoms with van der Waals surface area (Å²) in [5, 5.41) is 14.8. The molecular formula is C29H26N10O. The highest BCUT2D eigenvalue weighted by Gasteiger charge is 2.18. The molecule has 0 atom stereocenters. The van der Waals surface area contributed by atoms with Crippen molar-refractivity contribution >= 4 is 33.5 Å². The Labute approximate surface area is 228 Å². The number of piperidine rings is 1. The van der Waals surface area contributed by atoms with Gasteiger partial charge in [-0.2, -0.15) is 5.10 Å². The first-order chi connectivity index (χ1) is 19.7. The number of amides is 1. The molecular weight excluding hydrogens is 504 g/mol. The number of hydrogen-bond donors (Lipinski definition) is 4. The Kier molecular flexibility index (Phi) is 6.17. The van der Waals surface area contributed by atoms with Crippen molar-refractivity contribution in [3.63, 3.8) is 0 Å². The normalized spacial score (nSPS) is 14.1. The van der Waals surface area contributed by atoms with Crippen molar-refractivity contribution in [2.24, 2.45) is 5.92 Å². The van der Waals surface area contributed by atoms with Crippen LogP contribution in [-0.2, 0) is 4.79 Å². The average Bonchev–Trinajstić information content (AvgIpc) is 3.62. The molecule has 0 spiro atoms. The van der Waals surface area contributed by atoms with Gasteiger partial charge in [-0.1, -0.05) is 0 Å². The van der Waals surface area contributed by atoms with Crippen molar-refractivity contribution in [2.45, 2.75) is 19.3 Å². The van der Waals surface area contributed by atoms with Crippen LogP contribution < -0.4 is 10.6 Å². The van der Waals surface area contributed by atoms with Crippen LogP contribution in [0.4, 0.5) is 5.69 Å². The number of carbonyl (C=O) groups excluding carboxylic acids is 1. The summed E-state index contributed by atoms with van der Waals surface area (Å²) >= 11 is 0. The molecule has 0 saturated carbocycles. The van der Waals surface area contributed by atoms with Crippen molar-refractivity contribution in [2.75, 3.05) is 18.4 Å². The van der Waals surface area contributed by atoms with Crippen LogP contribution in [-0.4, -0.2) is 59.1 Å². The Bertz CT molecular complexity index is 1820. The quantitative estimate of drug-likeness (QED) is 0.248. The summed E-state index contributed by atoms with van der Waals surface area (Å²) in [6.07, 6.45) is 14.8. The molecule has 7 heterocycles. The lowest BCUT2D eigenvalue weighted by molar-refractivity contribution is -0.117. The summed E-state index contributed by atoms with van der Waals surface area (Å²) in [4.78, 5) is 38.4. The molecule has 0 aromatic carbocycles. The zero-order valence-electron chi connectivity index (χ0n) is 21.6. The van der Waals surface area contributed by atoms with E-state index in [1.807, 2.05) is 24.3 Å². The molecule has 1 fully saturated rings. The predicted octanol–water partition coefficient (Wildman–Crippen LogP) is 4.35. The van der Waals surface area contributed by atoms with Gasteiger partial charge in [0.15, 0.2) is 5.82 Å². The Balaban J connectivity index is 1.19. The van der Waals surface area contributed by atoms with E-state index in [2.05, 4.69) is 45.8 Å². The molecule has 1 aliphatic rings. The monoisotopic (exact) mass is 530 g/mol. The van der Waals surface area contributed by atoms with Crippen molar-refractivity contribution in [3.05, 3.63) is 67.6 Å². The number of anilines is 1. The highest BCUT2D eigenvalue weighted by atomic mass is 16.1. The average molecular weight is 531 g/mol. The maximum Gasteiger partial charge on any atom is 0.224 e. The molecule has 0 bridgehead atoms. The summed E-state index contributed by atoms with van der Waals surface area (Å²) < 4.78 is 0. The molecule has 40 heavy (non-hydrogen) atoms. The lowest BCUT2D eigenvalue weighted by atomic mass is 9.94. The summed E-state index contributed by atoms with van der Waals surface area (Å²) in [6, 6.07) is 7.73. The van der Waals surface area contributed by atoms with E-state index < -0.39 is 0 Å². The number of nitrogens with one attached hydrogen (secondary N) is 4. The van der Waals surface area contributed by atoms with Gasteiger partial charge in [-0.25, -0.2) is 4.98 Å². The first-order valence-electron chi connectivity index (χ1n) is 13.3. The number of pyridine rings is 4. The van der Waals surface area contributed by atoms with Gasteiger partial charge < -0.3 is 15.6 Å². The Hall–Kier alpha value is -5.03. The molecule has 1 aliphatic heterocycles. The Morgan fingerprint density at radius 1 is 0.925 bits per heavy atom. The van der Waals surface area contributed by atoms with Crippen LogP contribution in [0, 0.1) is 5.92 Å². The second-order valence-corrected chi connectivity index (χ2v) is 10.00. The third-order valence-electron chi connectivity index (χ3n) is 7.31. The standard InChI is InChI=1S/C29H26N10O/c40-26(9-17-1-5-30-6-2-17)35-20-10-19(12-32-13-20)23-11-21-24(16-34-23)38-39-28(21)29-36-25-15-33-14-22(27(25)37-29)18-3-7-31-8-4-18/h3-4,7-8,10-17,30H,1-2,5-6,9H2,(H,35,40)(H,36,37)(H,38,39). The number of imidazole rings is 1. The van der Waals surface area contributed by atoms with E-state index in [1.54, 1.807) is 43.4 Å². The Morgan fingerprint density at radius 2 is 1.77 bits per heavy atom. The van der Waals surface area contributed by atoms with E-state index in [4.69, 9.17) is 4.98 Å². The summed E-state index contributed by atoms with van der Waals surface area (Å²) in [7, 11) is 0. The molecule has 6 aromatic rings. The second kappa shape index (κ2) is 10.3. The van der Waals surface area contributed by atoms with E-state index in [0.29, 0.717) is 35.2 Å². The topological polar surface area (TPSA) is 150 Å². The van der Waals surface area contributed by atoms with Crippen LogP contribution in [0.5, 0.6) is 0 Å². The van der Waals surface area contributed by atoms with E-state index in [-0.39, 0.29) is 5.91 Å². The molecule has 7 rings (SSSR count). The third kappa shape index (κ3) is 4.67. The number of fused-ring (bicyclic) bond motifs is 2. The van der Waals surface area contributed by atoms with Gasteiger partial charge in [0, 0.05) is 47.7 Å². The number of H-pyrrole nitrogens is 2. The number of rotatable bonds is 6. The van der Waals surface area contributed by atoms with E-state index in [0.717, 1.165) is 64.6 Å². The minimum atomic E-state index is 0.0110. The fraction of sp³-hybridized carbons (Fsp3) is 0.207. The van der Waals surface area contributed by atoms with Gasteiger partial charge in [0.05, 0.1) is 46.5 Å². The summed E-state index contributed by atoms with van der Waals surface area (Å²) in [5.41, 5.74) is 7.13. The fourth-order valence-corrected chi connectivity index (χ4v) is 5.25. The number of hydrogen-bond acceptors (Lipinski definition) is 8. The number of aromatic amines is 2. The van der Waals surface area contributed by atoms with Crippen molar-refractivity contribution in [1.29, 1.82) is 0 Å². The predicted molar refractivity (Wildman–Crippen MR) is 152 cm³/mol. The second-order valence-electron chi connectivity index (χ2n) is 10.00. The van der Waals surface area contributed by atoms with Crippen LogP contribution in [0.15, 0.2) is 67.6 Å². The van der Waals surface area contributed by atoms with Crippen molar-refractivity contribution in [3.8, 4) is 33.9 Å². The molecule has 4 N–H and O–H groups in total. The Morgan fingerprint density at radius 3 is 2.65 bits per heavy atom. The van der Waals surface area contributed by atoms with Crippen molar-refractivity contribution in [1.82, 2.24) is 45.4 Å². The van der Waals surface area contributed by atoms with E-state index >= 15 is 0 Å². The molecule has 0 aliphatic carbocycles. The molecule has 11 nitrogen and oxygen atoms in total. The third-order valence-corrected chi connectivity index (χ3v) is 7.31. The van der Waals surface area contributed by atoms with Crippen LogP contribution in [0.25, 0.3) is 55.8 Å². The van der Waals surface area contributed by atoms with Crippen molar-refractivity contribution < 1.29 is 4.79 Å². The maximum absolute atomic E-state index is 12.7. The zero-order chi connectivity index (χ0) is 26.9. The molecule has 1 amide bonds. The van der Waals surface area contributed by atoms with Crippen LogP contribution in [0.2, 0.25) is 0 Å². The summed E-state index contributed by atoms with van der Waals surface area (Å²) in [6.45, 7) is 1.94. The maximum atomic E-state index is 12.7. The molecule has 11 heteroatoms. The number of nitrogens with zero attached hydrogens (tertiary/aromatic N) is 6. The van der Waals surface area contributed by atoms with Gasteiger partial charge in [0.1, 0.15) is 5.69 Å². The largest absolute Gasteiger partial charge is 0.335 e. The van der Waals surface area contributed by atoms with Gasteiger partial charge in [-0.3, -0.25) is 29.8 Å². The number of aromatic nitrogens is 8. The van der Waals surface area contributed by atoms with Gasteiger partial charge >= 0.3 is 0 Å². The number of carbonyl (C=O) groups is 1. The summed E-state index contributed by atoms with van der Waals surface area (Å²) in [5.74, 6) is 1.05. The van der Waals surface area contributed by atoms with E-state index in [9.17, 15) is 4.79 Å². The molecule has 198 valence electrons. The first kappa shape index (κ1) is 24.0. The fourth-order valence-electron chi connectivity index (χ4n) is 5.25. The van der Waals surface area contributed by atoms with Crippen LogP contribution in [0.1, 0.15) is 19.3 Å². The molecule has 0 unspecified atom stereocenters. The minimum absolute atomic E-state index is 0.0110. The minimum Gasteiger partial charge on any atom is -0.335 e. The highest BCUT2D eigenvalue weighted by molar-refractivity contribution is 5.97. The van der Waals surface area contributed by atoms with Gasteiger partial charge in [0.25, 0.3) is 0 Å². The molecule has 6 aromatic heterocycles. The smallest absolute Gasteiger partial charge is 0.224 e. The molecule has 0 radical (unpaired) electrons. The zero-order valence-corrected chi connectivity index (χ0v) is 21.6. The van der Waals surface area contributed by atoms with Gasteiger partial charge in [-0.05, 0) is 61.7 Å². The highest BCUT2D eigenvalue weighted by Crippen LogP contribution is 2.32. The van der Waals surface area contributed by atoms with Crippen LogP contribution in [0.3, 0.4) is 0 Å².